The van der Waals surface area contributed by atoms with Crippen molar-refractivity contribution in [2.75, 3.05) is 27.4 Å². The van der Waals surface area contributed by atoms with Crippen molar-refractivity contribution in [3.8, 4) is 23.0 Å². The Morgan fingerprint density at radius 1 is 1.12 bits per heavy atom. The van der Waals surface area contributed by atoms with Gasteiger partial charge in [0.25, 0.3) is 0 Å². The van der Waals surface area contributed by atoms with Gasteiger partial charge >= 0.3 is 0 Å². The average molecular weight is 329 g/mol. The van der Waals surface area contributed by atoms with Crippen molar-refractivity contribution in [1.82, 2.24) is 5.32 Å². The molecule has 128 valence electrons. The Hall–Kier alpha value is -2.40. The third-order valence-electron chi connectivity index (χ3n) is 4.34. The number of phenols is 1. The molecule has 1 aliphatic heterocycles. The number of ether oxygens (including phenoxy) is 3. The van der Waals surface area contributed by atoms with Gasteiger partial charge in [-0.15, -0.1) is 0 Å². The van der Waals surface area contributed by atoms with Gasteiger partial charge in [0.2, 0.25) is 0 Å². The van der Waals surface area contributed by atoms with Gasteiger partial charge in [0.05, 0.1) is 26.9 Å². The molecule has 1 atom stereocenters. The van der Waals surface area contributed by atoms with E-state index < -0.39 is 0 Å². The summed E-state index contributed by atoms with van der Waals surface area (Å²) in [5.74, 6) is 2.20. The van der Waals surface area contributed by atoms with Gasteiger partial charge in [-0.1, -0.05) is 12.1 Å². The number of benzene rings is 2. The maximum absolute atomic E-state index is 9.83. The highest BCUT2D eigenvalue weighted by Gasteiger charge is 2.26. The van der Waals surface area contributed by atoms with Crippen LogP contribution in [0.1, 0.15) is 29.7 Å². The number of methoxy groups -OCH3 is 2. The Morgan fingerprint density at radius 2 is 1.92 bits per heavy atom. The number of phenolic OH excluding ortho intramolecular Hbond substituents is 1. The number of hydrogen-bond donors (Lipinski definition) is 2. The normalized spacial score (nSPS) is 16.4. The summed E-state index contributed by atoms with van der Waals surface area (Å²) in [6.07, 6.45) is 0.883. The monoisotopic (exact) mass is 329 g/mol. The van der Waals surface area contributed by atoms with Crippen LogP contribution in [0.2, 0.25) is 0 Å². The van der Waals surface area contributed by atoms with Gasteiger partial charge in [0.15, 0.2) is 23.0 Å². The smallest absolute Gasteiger partial charge is 0.164 e. The van der Waals surface area contributed by atoms with Crippen LogP contribution < -0.4 is 19.5 Å². The van der Waals surface area contributed by atoms with E-state index in [1.165, 1.54) is 11.1 Å². The highest BCUT2D eigenvalue weighted by molar-refractivity contribution is 5.55. The summed E-state index contributed by atoms with van der Waals surface area (Å²) in [7, 11) is 3.22. The third kappa shape index (κ3) is 2.87. The molecule has 0 aromatic heterocycles. The summed E-state index contributed by atoms with van der Waals surface area (Å²) in [5, 5.41) is 13.4. The van der Waals surface area contributed by atoms with Gasteiger partial charge in [-0.3, -0.25) is 0 Å². The van der Waals surface area contributed by atoms with Crippen LogP contribution in [0.5, 0.6) is 23.0 Å². The molecule has 5 heteroatoms. The zero-order valence-corrected chi connectivity index (χ0v) is 14.3. The molecule has 2 N–H and O–H groups in total. The number of rotatable bonds is 5. The molecule has 24 heavy (non-hydrogen) atoms. The Morgan fingerprint density at radius 3 is 2.62 bits per heavy atom. The SMILES string of the molecule is CCOc1c(OC)ccc2c1CCNC2c1ccc(O)c(OC)c1. The molecule has 2 aromatic carbocycles. The first-order valence-corrected chi connectivity index (χ1v) is 8.12. The zero-order valence-electron chi connectivity index (χ0n) is 14.3. The minimum atomic E-state index is 0.0216. The highest BCUT2D eigenvalue weighted by Crippen LogP contribution is 2.41. The fraction of sp³-hybridized carbons (Fsp3) is 0.368. The average Bonchev–Trinajstić information content (AvgIpc) is 2.62. The number of fused-ring (bicyclic) bond motifs is 1. The van der Waals surface area contributed by atoms with E-state index in [-0.39, 0.29) is 11.8 Å². The fourth-order valence-electron chi connectivity index (χ4n) is 3.24. The lowest BCUT2D eigenvalue weighted by Crippen LogP contribution is -2.31. The molecule has 0 bridgehead atoms. The quantitative estimate of drug-likeness (QED) is 0.883. The molecule has 5 nitrogen and oxygen atoms in total. The van der Waals surface area contributed by atoms with Gasteiger partial charge in [0, 0.05) is 12.1 Å². The van der Waals surface area contributed by atoms with Crippen LogP contribution in [0.4, 0.5) is 0 Å². The van der Waals surface area contributed by atoms with Crippen LogP contribution >= 0.6 is 0 Å². The predicted molar refractivity (Wildman–Crippen MR) is 92.4 cm³/mol. The predicted octanol–water partition coefficient (Wildman–Crippen LogP) is 3.04. The topological polar surface area (TPSA) is 60.0 Å². The summed E-state index contributed by atoms with van der Waals surface area (Å²) < 4.78 is 16.6. The second kappa shape index (κ2) is 7.01. The summed E-state index contributed by atoms with van der Waals surface area (Å²) >= 11 is 0. The molecule has 2 aromatic rings. The highest BCUT2D eigenvalue weighted by atomic mass is 16.5. The summed E-state index contributed by atoms with van der Waals surface area (Å²) in [4.78, 5) is 0. The largest absolute Gasteiger partial charge is 0.504 e. The van der Waals surface area contributed by atoms with Gasteiger partial charge in [0.1, 0.15) is 0 Å². The number of nitrogens with one attached hydrogen (secondary N) is 1. The van der Waals surface area contributed by atoms with Crippen molar-refractivity contribution in [2.45, 2.75) is 19.4 Å². The molecule has 0 saturated carbocycles. The molecule has 1 aliphatic rings. The summed E-state index contributed by atoms with van der Waals surface area (Å²) in [6.45, 7) is 3.41. The lowest BCUT2D eigenvalue weighted by molar-refractivity contribution is 0.305. The lowest BCUT2D eigenvalue weighted by Gasteiger charge is -2.29. The van der Waals surface area contributed by atoms with Gasteiger partial charge in [-0.05, 0) is 42.7 Å². The van der Waals surface area contributed by atoms with Gasteiger partial charge < -0.3 is 24.6 Å². The zero-order chi connectivity index (χ0) is 17.1. The Labute approximate surface area is 142 Å². The minimum Gasteiger partial charge on any atom is -0.504 e. The third-order valence-corrected chi connectivity index (χ3v) is 4.34. The molecule has 1 heterocycles. The molecule has 0 spiro atoms. The first kappa shape index (κ1) is 16.5. The molecule has 0 saturated heterocycles. The van der Waals surface area contributed by atoms with Crippen LogP contribution in [0.15, 0.2) is 30.3 Å². The van der Waals surface area contributed by atoms with E-state index in [0.29, 0.717) is 12.4 Å². The number of aromatic hydroxyl groups is 1. The molecule has 1 unspecified atom stereocenters. The molecule has 3 rings (SSSR count). The van der Waals surface area contributed by atoms with E-state index >= 15 is 0 Å². The van der Waals surface area contributed by atoms with Crippen LogP contribution in [0, 0.1) is 0 Å². The van der Waals surface area contributed by atoms with Crippen LogP contribution in [0.3, 0.4) is 0 Å². The number of hydrogen-bond acceptors (Lipinski definition) is 5. The second-order valence-electron chi connectivity index (χ2n) is 5.67. The van der Waals surface area contributed by atoms with Gasteiger partial charge in [-0.25, -0.2) is 0 Å². The molecule has 0 aliphatic carbocycles. The minimum absolute atomic E-state index is 0.0216. The van der Waals surface area contributed by atoms with Crippen LogP contribution in [0.25, 0.3) is 0 Å². The van der Waals surface area contributed by atoms with E-state index in [1.54, 1.807) is 20.3 Å². The molecular formula is C19H23NO4. The maximum Gasteiger partial charge on any atom is 0.164 e. The van der Waals surface area contributed by atoms with Gasteiger partial charge in [-0.2, -0.15) is 0 Å². The van der Waals surface area contributed by atoms with E-state index in [1.807, 2.05) is 25.1 Å². The Bertz CT molecular complexity index is 730. The summed E-state index contributed by atoms with van der Waals surface area (Å²) in [6, 6.07) is 9.49. The second-order valence-corrected chi connectivity index (χ2v) is 5.67. The van der Waals surface area contributed by atoms with Crippen molar-refractivity contribution in [1.29, 1.82) is 0 Å². The Balaban J connectivity index is 2.07. The first-order chi connectivity index (χ1) is 11.7. The van der Waals surface area contributed by atoms with E-state index in [2.05, 4.69) is 11.4 Å². The fourth-order valence-corrected chi connectivity index (χ4v) is 3.24. The van der Waals surface area contributed by atoms with Crippen molar-refractivity contribution in [3.05, 3.63) is 47.0 Å². The summed E-state index contributed by atoms with van der Waals surface area (Å²) in [5.41, 5.74) is 3.38. The first-order valence-electron chi connectivity index (χ1n) is 8.12. The van der Waals surface area contributed by atoms with E-state index in [4.69, 9.17) is 14.2 Å². The van der Waals surface area contributed by atoms with Crippen LogP contribution in [-0.4, -0.2) is 32.5 Å². The lowest BCUT2D eigenvalue weighted by atomic mass is 9.89. The molecular weight excluding hydrogens is 306 g/mol. The molecule has 0 amide bonds. The van der Waals surface area contributed by atoms with E-state index in [9.17, 15) is 5.11 Å². The van der Waals surface area contributed by atoms with Crippen LogP contribution in [-0.2, 0) is 6.42 Å². The molecule has 0 fully saturated rings. The Kier molecular flexibility index (Phi) is 4.81. The van der Waals surface area contributed by atoms with Crippen molar-refractivity contribution in [2.24, 2.45) is 0 Å². The van der Waals surface area contributed by atoms with Crippen molar-refractivity contribution >= 4 is 0 Å². The molecule has 0 radical (unpaired) electrons. The maximum atomic E-state index is 9.83. The standard InChI is InChI=1S/C19H23NO4/c1-4-24-19-14-9-10-20-18(13(14)6-8-16(19)22-2)12-5-7-15(21)17(11-12)23-3/h5-8,11,18,20-21H,4,9-10H2,1-3H3. The van der Waals surface area contributed by atoms with Crippen molar-refractivity contribution in [3.63, 3.8) is 0 Å². The van der Waals surface area contributed by atoms with E-state index in [0.717, 1.165) is 30.0 Å². The van der Waals surface area contributed by atoms with Crippen molar-refractivity contribution < 1.29 is 19.3 Å².